The normalized spacial score (nSPS) is 47.9. The van der Waals surface area contributed by atoms with E-state index in [9.17, 15) is 19.5 Å². The molecule has 0 aliphatic heterocycles. The molecule has 0 bridgehead atoms. The number of ketones is 2. The van der Waals surface area contributed by atoms with Gasteiger partial charge in [0.2, 0.25) is 0 Å². The number of rotatable bonds is 4. The molecule has 0 spiro atoms. The fourth-order valence-corrected chi connectivity index (χ4v) is 8.13. The van der Waals surface area contributed by atoms with Gasteiger partial charge in [-0.3, -0.25) is 14.4 Å². The van der Waals surface area contributed by atoms with Crippen LogP contribution in [-0.2, 0) is 14.4 Å². The minimum atomic E-state index is -0.785. The molecule has 4 fully saturated rings. The smallest absolute Gasteiger partial charge is 0.303 e. The number of aliphatic hydroxyl groups is 1. The number of carboxylic acids is 1. The fraction of sp³-hybridized carbons (Fsp3) is 0.875. The highest BCUT2D eigenvalue weighted by Crippen LogP contribution is 2.66. The number of Topliss-reactive ketones (excluding diaryl/α,β-unsaturated/α-hetero) is 2. The summed E-state index contributed by atoms with van der Waals surface area (Å²) >= 11 is 0. The summed E-state index contributed by atoms with van der Waals surface area (Å²) in [5.41, 5.74) is -0.520. The molecule has 0 aromatic rings. The number of fused-ring (bicyclic) bond motifs is 5. The van der Waals surface area contributed by atoms with Crippen molar-refractivity contribution in [3.63, 3.8) is 0 Å². The molecule has 0 amide bonds. The van der Waals surface area contributed by atoms with E-state index >= 15 is 0 Å². The quantitative estimate of drug-likeness (QED) is 0.742. The van der Waals surface area contributed by atoms with Crippen molar-refractivity contribution < 1.29 is 24.6 Å². The predicted molar refractivity (Wildman–Crippen MR) is 108 cm³/mol. The first-order chi connectivity index (χ1) is 13.6. The third-order valence-corrected chi connectivity index (χ3v) is 9.87. The van der Waals surface area contributed by atoms with E-state index in [2.05, 4.69) is 20.8 Å². The minimum absolute atomic E-state index is 0.0260. The van der Waals surface area contributed by atoms with Crippen LogP contribution in [0, 0.1) is 46.3 Å². The second kappa shape index (κ2) is 7.18. The van der Waals surface area contributed by atoms with E-state index < -0.39 is 11.4 Å². The zero-order valence-electron chi connectivity index (χ0n) is 18.0. The Hall–Kier alpha value is -1.23. The number of carbonyl (C=O) groups is 3. The van der Waals surface area contributed by atoms with Crippen LogP contribution in [-0.4, -0.2) is 33.9 Å². The lowest BCUT2D eigenvalue weighted by Crippen LogP contribution is -2.60. The number of carboxylic acid groups (broad SMARTS) is 1. The van der Waals surface area contributed by atoms with Crippen molar-refractivity contribution in [2.45, 2.75) is 84.7 Å². The van der Waals surface area contributed by atoms with Crippen molar-refractivity contribution in [1.82, 2.24) is 0 Å². The Kier molecular flexibility index (Phi) is 5.20. The Morgan fingerprint density at radius 2 is 1.86 bits per heavy atom. The van der Waals surface area contributed by atoms with Gasteiger partial charge in [-0.05, 0) is 73.5 Å². The van der Waals surface area contributed by atoms with Gasteiger partial charge in [-0.1, -0.05) is 20.8 Å². The number of hydrogen-bond donors (Lipinski definition) is 2. The summed E-state index contributed by atoms with van der Waals surface area (Å²) in [5, 5.41) is 19.2. The van der Waals surface area contributed by atoms with Gasteiger partial charge in [-0.2, -0.15) is 0 Å². The summed E-state index contributed by atoms with van der Waals surface area (Å²) in [4.78, 5) is 38.0. The van der Waals surface area contributed by atoms with E-state index in [4.69, 9.17) is 5.11 Å². The van der Waals surface area contributed by atoms with Crippen molar-refractivity contribution in [2.75, 3.05) is 0 Å². The standard InChI is InChI=1S/C24H36O5/c1-13(4-7-21(28)29)16-5-6-17-22-18(12-20(27)24(16,17)3)23(2)9-8-15(25)10-14(23)11-19(22)26/h13-18,22,25H,4-12H2,1-3H3,(H,28,29)/t13-,14?,15?,16-,17+,18?,22+,23+,24-/m1/s1. The first-order valence-corrected chi connectivity index (χ1v) is 11.5. The average molecular weight is 405 g/mol. The Morgan fingerprint density at radius 3 is 2.55 bits per heavy atom. The van der Waals surface area contributed by atoms with Gasteiger partial charge < -0.3 is 10.2 Å². The first kappa shape index (κ1) is 21.0. The van der Waals surface area contributed by atoms with Gasteiger partial charge >= 0.3 is 5.97 Å². The molecule has 0 saturated heterocycles. The van der Waals surface area contributed by atoms with Crippen LogP contribution in [0.15, 0.2) is 0 Å². The Labute approximate surface area is 173 Å². The van der Waals surface area contributed by atoms with Gasteiger partial charge in [-0.25, -0.2) is 0 Å². The van der Waals surface area contributed by atoms with Crippen LogP contribution in [0.4, 0.5) is 0 Å². The van der Waals surface area contributed by atoms with Crippen LogP contribution < -0.4 is 0 Å². The molecular weight excluding hydrogens is 368 g/mol. The third-order valence-electron chi connectivity index (χ3n) is 9.87. The molecule has 3 unspecified atom stereocenters. The summed E-state index contributed by atoms with van der Waals surface area (Å²) in [5.74, 6) is 0.550. The summed E-state index contributed by atoms with van der Waals surface area (Å²) < 4.78 is 0. The number of aliphatic hydroxyl groups excluding tert-OH is 1. The maximum absolute atomic E-state index is 13.6. The molecule has 4 aliphatic rings. The summed E-state index contributed by atoms with van der Waals surface area (Å²) in [7, 11) is 0. The summed E-state index contributed by atoms with van der Waals surface area (Å²) in [6.07, 6.45) is 5.64. The second-order valence-corrected chi connectivity index (χ2v) is 11.0. The molecule has 0 aromatic carbocycles. The third kappa shape index (κ3) is 3.10. The molecule has 0 aromatic heterocycles. The van der Waals surface area contributed by atoms with Crippen molar-refractivity contribution in [2.24, 2.45) is 46.3 Å². The zero-order valence-corrected chi connectivity index (χ0v) is 18.0. The predicted octanol–water partition coefficient (Wildman–Crippen LogP) is 3.87. The Balaban J connectivity index is 1.62. The van der Waals surface area contributed by atoms with E-state index in [1.54, 1.807) is 0 Å². The fourth-order valence-electron chi connectivity index (χ4n) is 8.13. The van der Waals surface area contributed by atoms with Gasteiger partial charge in [0.1, 0.15) is 11.6 Å². The SMILES string of the molecule is C[C@H](CCC(=O)O)[C@H]1CC[C@H]2[C@@H]3C(=O)CC4CC(O)CC[C@]4(C)C3CC(=O)[C@]12C. The van der Waals surface area contributed by atoms with E-state index in [0.717, 1.165) is 25.7 Å². The number of carbonyl (C=O) groups excluding carboxylic acids is 2. The highest BCUT2D eigenvalue weighted by Gasteiger charge is 2.66. The van der Waals surface area contributed by atoms with E-state index in [1.807, 2.05) is 0 Å². The lowest BCUT2D eigenvalue weighted by Gasteiger charge is -2.59. The van der Waals surface area contributed by atoms with Crippen LogP contribution in [0.25, 0.3) is 0 Å². The minimum Gasteiger partial charge on any atom is -0.481 e. The van der Waals surface area contributed by atoms with Crippen LogP contribution in [0.2, 0.25) is 0 Å². The molecule has 162 valence electrons. The van der Waals surface area contributed by atoms with Crippen LogP contribution in [0.5, 0.6) is 0 Å². The van der Waals surface area contributed by atoms with E-state index in [0.29, 0.717) is 37.2 Å². The van der Waals surface area contributed by atoms with Crippen molar-refractivity contribution in [3.05, 3.63) is 0 Å². The highest BCUT2D eigenvalue weighted by molar-refractivity contribution is 5.92. The summed E-state index contributed by atoms with van der Waals surface area (Å²) in [6, 6.07) is 0. The number of hydrogen-bond acceptors (Lipinski definition) is 4. The lowest BCUT2D eigenvalue weighted by molar-refractivity contribution is -0.168. The molecule has 2 N–H and O–H groups in total. The van der Waals surface area contributed by atoms with Crippen molar-refractivity contribution in [3.8, 4) is 0 Å². The molecule has 0 radical (unpaired) electrons. The molecule has 4 aliphatic carbocycles. The van der Waals surface area contributed by atoms with Crippen molar-refractivity contribution in [1.29, 1.82) is 0 Å². The lowest BCUT2D eigenvalue weighted by atomic mass is 9.43. The van der Waals surface area contributed by atoms with Gasteiger partial charge in [0.25, 0.3) is 0 Å². The maximum Gasteiger partial charge on any atom is 0.303 e. The summed E-state index contributed by atoms with van der Waals surface area (Å²) in [6.45, 7) is 6.44. The Morgan fingerprint density at radius 1 is 1.14 bits per heavy atom. The maximum atomic E-state index is 13.6. The molecule has 5 heteroatoms. The molecule has 5 nitrogen and oxygen atoms in total. The van der Waals surface area contributed by atoms with Gasteiger partial charge in [0.05, 0.1) is 6.10 Å². The van der Waals surface area contributed by atoms with Crippen molar-refractivity contribution >= 4 is 17.5 Å². The van der Waals surface area contributed by atoms with Crippen LogP contribution in [0.1, 0.15) is 78.6 Å². The van der Waals surface area contributed by atoms with Gasteiger partial charge in [0, 0.05) is 30.6 Å². The van der Waals surface area contributed by atoms with E-state index in [-0.39, 0.29) is 53.4 Å². The molecule has 0 heterocycles. The molecular formula is C24H36O5. The topological polar surface area (TPSA) is 91.7 Å². The average Bonchev–Trinajstić information content (AvgIpc) is 3.01. The molecule has 4 rings (SSSR count). The molecule has 29 heavy (non-hydrogen) atoms. The van der Waals surface area contributed by atoms with Crippen LogP contribution in [0.3, 0.4) is 0 Å². The molecule has 9 atom stereocenters. The zero-order chi connectivity index (χ0) is 21.1. The Bertz CT molecular complexity index is 716. The van der Waals surface area contributed by atoms with Crippen LogP contribution >= 0.6 is 0 Å². The number of aliphatic carboxylic acids is 1. The highest BCUT2D eigenvalue weighted by atomic mass is 16.4. The monoisotopic (exact) mass is 404 g/mol. The molecule has 4 saturated carbocycles. The first-order valence-electron chi connectivity index (χ1n) is 11.5. The largest absolute Gasteiger partial charge is 0.481 e. The van der Waals surface area contributed by atoms with Gasteiger partial charge in [-0.15, -0.1) is 0 Å². The second-order valence-electron chi connectivity index (χ2n) is 11.0. The van der Waals surface area contributed by atoms with E-state index in [1.165, 1.54) is 0 Å². The van der Waals surface area contributed by atoms with Gasteiger partial charge in [0.15, 0.2) is 0 Å².